The molecule has 144 valence electrons. The minimum Gasteiger partial charge on any atom is -0.368 e. The fraction of sp³-hybridized carbons (Fsp3) is 0.318. The first-order chi connectivity index (χ1) is 13.5. The van der Waals surface area contributed by atoms with Crippen LogP contribution < -0.4 is 4.90 Å². The lowest BCUT2D eigenvalue weighted by Crippen LogP contribution is -2.56. The highest BCUT2D eigenvalue weighted by Crippen LogP contribution is 2.24. The van der Waals surface area contributed by atoms with Crippen LogP contribution in [0.1, 0.15) is 33.2 Å². The van der Waals surface area contributed by atoms with E-state index < -0.39 is 0 Å². The van der Waals surface area contributed by atoms with Crippen molar-refractivity contribution in [1.29, 1.82) is 0 Å². The van der Waals surface area contributed by atoms with Crippen molar-refractivity contribution < 1.29 is 14.4 Å². The Bertz CT molecular complexity index is 921. The average molecular weight is 377 g/mol. The zero-order valence-corrected chi connectivity index (χ0v) is 16.1. The Morgan fingerprint density at radius 2 is 1.68 bits per heavy atom. The van der Waals surface area contributed by atoms with Gasteiger partial charge in [0.05, 0.1) is 11.1 Å². The molecule has 0 bridgehead atoms. The van der Waals surface area contributed by atoms with Gasteiger partial charge in [0.15, 0.2) is 0 Å². The van der Waals surface area contributed by atoms with E-state index in [2.05, 4.69) is 30.0 Å². The molecular weight excluding hydrogens is 354 g/mol. The molecule has 2 aliphatic rings. The third-order valence-corrected chi connectivity index (χ3v) is 5.49. The number of nitrogens with zero attached hydrogens (tertiary/aromatic N) is 3. The highest BCUT2D eigenvalue weighted by molar-refractivity contribution is 6.22. The molecule has 4 rings (SSSR count). The summed E-state index contributed by atoms with van der Waals surface area (Å²) < 4.78 is 0. The maximum Gasteiger partial charge on any atom is 0.262 e. The highest BCUT2D eigenvalue weighted by Gasteiger charge is 2.38. The lowest BCUT2D eigenvalue weighted by molar-refractivity contribution is -0.133. The average Bonchev–Trinajstić information content (AvgIpc) is 2.93. The summed E-state index contributed by atoms with van der Waals surface area (Å²) in [7, 11) is 0. The van der Waals surface area contributed by atoms with E-state index >= 15 is 0 Å². The van der Waals surface area contributed by atoms with Crippen LogP contribution in [0.15, 0.2) is 48.5 Å². The summed E-state index contributed by atoms with van der Waals surface area (Å²) in [5, 5.41) is 0. The van der Waals surface area contributed by atoms with Crippen LogP contribution in [-0.4, -0.2) is 59.7 Å². The highest BCUT2D eigenvalue weighted by atomic mass is 16.2. The van der Waals surface area contributed by atoms with E-state index in [4.69, 9.17) is 0 Å². The van der Waals surface area contributed by atoms with Gasteiger partial charge >= 0.3 is 0 Å². The molecule has 0 spiro atoms. The Morgan fingerprint density at radius 3 is 2.29 bits per heavy atom. The molecule has 1 saturated heterocycles. The van der Waals surface area contributed by atoms with Crippen molar-refractivity contribution in [3.05, 3.63) is 65.2 Å². The molecule has 1 unspecified atom stereocenters. The van der Waals surface area contributed by atoms with Crippen molar-refractivity contribution in [2.24, 2.45) is 0 Å². The minimum absolute atomic E-state index is 0.00283. The van der Waals surface area contributed by atoms with Crippen LogP contribution >= 0.6 is 0 Å². The number of fused-ring (bicyclic) bond motifs is 1. The standard InChI is InChI=1S/C22H23N3O3/c1-15-6-5-7-17(12-15)23-10-11-24(16(2)13-23)20(26)14-25-21(27)18-8-3-4-9-19(18)22(25)28/h3-9,12,16H,10-11,13-14H2,1-2H3. The molecule has 0 saturated carbocycles. The maximum absolute atomic E-state index is 12.9. The maximum atomic E-state index is 12.9. The van der Waals surface area contributed by atoms with E-state index in [9.17, 15) is 14.4 Å². The summed E-state index contributed by atoms with van der Waals surface area (Å²) in [5.74, 6) is -0.967. The van der Waals surface area contributed by atoms with Gasteiger partial charge in [-0.1, -0.05) is 24.3 Å². The number of rotatable bonds is 3. The van der Waals surface area contributed by atoms with Gasteiger partial charge in [-0.25, -0.2) is 0 Å². The number of anilines is 1. The van der Waals surface area contributed by atoms with Crippen LogP contribution in [0.2, 0.25) is 0 Å². The molecule has 2 aromatic carbocycles. The number of aryl methyl sites for hydroxylation is 1. The zero-order valence-electron chi connectivity index (χ0n) is 16.1. The van der Waals surface area contributed by atoms with Gasteiger partial charge in [-0.3, -0.25) is 19.3 Å². The third kappa shape index (κ3) is 3.15. The van der Waals surface area contributed by atoms with E-state index in [1.165, 1.54) is 5.56 Å². The SMILES string of the molecule is Cc1cccc(N2CCN(C(=O)CN3C(=O)c4ccccc4C3=O)C(C)C2)c1. The molecule has 2 heterocycles. The summed E-state index contributed by atoms with van der Waals surface area (Å²) in [6.07, 6.45) is 0. The van der Waals surface area contributed by atoms with Crippen LogP contribution in [-0.2, 0) is 4.79 Å². The zero-order chi connectivity index (χ0) is 19.8. The van der Waals surface area contributed by atoms with E-state index in [0.717, 1.165) is 23.7 Å². The first-order valence-corrected chi connectivity index (χ1v) is 9.52. The number of amides is 3. The van der Waals surface area contributed by atoms with Crippen molar-refractivity contribution in [2.75, 3.05) is 31.1 Å². The van der Waals surface area contributed by atoms with Crippen molar-refractivity contribution in [2.45, 2.75) is 19.9 Å². The van der Waals surface area contributed by atoms with Crippen molar-refractivity contribution in [3.8, 4) is 0 Å². The van der Waals surface area contributed by atoms with Crippen molar-refractivity contribution >= 4 is 23.4 Å². The van der Waals surface area contributed by atoms with Gasteiger partial charge in [0.25, 0.3) is 11.8 Å². The van der Waals surface area contributed by atoms with Crippen LogP contribution in [0.25, 0.3) is 0 Å². The van der Waals surface area contributed by atoms with Gasteiger partial charge in [-0.2, -0.15) is 0 Å². The summed E-state index contributed by atoms with van der Waals surface area (Å²) in [6, 6.07) is 15.0. The number of hydrogen-bond donors (Lipinski definition) is 0. The number of benzene rings is 2. The predicted octanol–water partition coefficient (Wildman–Crippen LogP) is 2.33. The minimum atomic E-state index is -0.389. The summed E-state index contributed by atoms with van der Waals surface area (Å²) in [5.41, 5.74) is 3.10. The molecular formula is C22H23N3O3. The Kier molecular flexibility index (Phi) is 4.63. The normalized spacial score (nSPS) is 19.2. The van der Waals surface area contributed by atoms with Crippen LogP contribution in [0, 0.1) is 6.92 Å². The second-order valence-electron chi connectivity index (χ2n) is 7.46. The van der Waals surface area contributed by atoms with E-state index in [1.807, 2.05) is 13.0 Å². The second-order valence-corrected chi connectivity index (χ2v) is 7.46. The number of imide groups is 1. The summed E-state index contributed by atoms with van der Waals surface area (Å²) in [6.45, 7) is 5.87. The second kappa shape index (κ2) is 7.11. The number of carbonyl (C=O) groups is 3. The van der Waals surface area contributed by atoms with Gasteiger partial charge in [-0.15, -0.1) is 0 Å². The first-order valence-electron chi connectivity index (χ1n) is 9.52. The molecule has 2 aliphatic heterocycles. The molecule has 0 N–H and O–H groups in total. The molecule has 2 aromatic rings. The molecule has 0 radical (unpaired) electrons. The third-order valence-electron chi connectivity index (χ3n) is 5.49. The number of piperazine rings is 1. The fourth-order valence-corrected chi connectivity index (χ4v) is 4.00. The van der Waals surface area contributed by atoms with Gasteiger partial charge in [-0.05, 0) is 43.7 Å². The van der Waals surface area contributed by atoms with E-state index in [-0.39, 0.29) is 30.3 Å². The quantitative estimate of drug-likeness (QED) is 0.771. The molecule has 6 heteroatoms. The molecule has 1 fully saturated rings. The van der Waals surface area contributed by atoms with Gasteiger partial charge in [0, 0.05) is 31.4 Å². The van der Waals surface area contributed by atoms with Crippen molar-refractivity contribution in [3.63, 3.8) is 0 Å². The number of carbonyl (C=O) groups excluding carboxylic acids is 3. The van der Waals surface area contributed by atoms with E-state index in [1.54, 1.807) is 29.2 Å². The van der Waals surface area contributed by atoms with Crippen molar-refractivity contribution in [1.82, 2.24) is 9.80 Å². The fourth-order valence-electron chi connectivity index (χ4n) is 4.00. The molecule has 6 nitrogen and oxygen atoms in total. The number of hydrogen-bond acceptors (Lipinski definition) is 4. The predicted molar refractivity (Wildman–Crippen MR) is 106 cm³/mol. The molecule has 28 heavy (non-hydrogen) atoms. The lowest BCUT2D eigenvalue weighted by Gasteiger charge is -2.41. The Balaban J connectivity index is 1.43. The largest absolute Gasteiger partial charge is 0.368 e. The Labute approximate surface area is 164 Å². The monoisotopic (exact) mass is 377 g/mol. The molecule has 0 aromatic heterocycles. The topological polar surface area (TPSA) is 60.9 Å². The van der Waals surface area contributed by atoms with Gasteiger partial charge in [0.1, 0.15) is 6.54 Å². The smallest absolute Gasteiger partial charge is 0.262 e. The van der Waals surface area contributed by atoms with Gasteiger partial charge in [0.2, 0.25) is 5.91 Å². The van der Waals surface area contributed by atoms with Gasteiger partial charge < -0.3 is 9.80 Å². The lowest BCUT2D eigenvalue weighted by atomic mass is 10.1. The summed E-state index contributed by atoms with van der Waals surface area (Å²) >= 11 is 0. The first kappa shape index (κ1) is 18.2. The van der Waals surface area contributed by atoms with E-state index in [0.29, 0.717) is 17.7 Å². The Morgan fingerprint density at radius 1 is 1.00 bits per heavy atom. The van der Waals surface area contributed by atoms with Crippen LogP contribution in [0.4, 0.5) is 5.69 Å². The molecule has 0 aliphatic carbocycles. The van der Waals surface area contributed by atoms with Crippen LogP contribution in [0.3, 0.4) is 0 Å². The van der Waals surface area contributed by atoms with Crippen LogP contribution in [0.5, 0.6) is 0 Å². The molecule has 3 amide bonds. The summed E-state index contributed by atoms with van der Waals surface area (Å²) in [4.78, 5) is 43.0. The Hall–Kier alpha value is -3.15. The molecule has 1 atom stereocenters.